The number of hydrogen-bond donors (Lipinski definition) is 0. The van der Waals surface area contributed by atoms with Gasteiger partial charge < -0.3 is 13.9 Å². The van der Waals surface area contributed by atoms with Crippen LogP contribution in [0.15, 0.2) is 56.2 Å². The highest BCUT2D eigenvalue weighted by atomic mass is 79.9. The largest absolute Gasteiger partial charge is 0.496 e. The number of methoxy groups -OCH3 is 1. The third-order valence-electron chi connectivity index (χ3n) is 4.75. The molecule has 6 heteroatoms. The van der Waals surface area contributed by atoms with Gasteiger partial charge in [-0.2, -0.15) is 0 Å². The van der Waals surface area contributed by atoms with E-state index in [1.807, 2.05) is 18.2 Å². The first-order chi connectivity index (χ1) is 13.5. The summed E-state index contributed by atoms with van der Waals surface area (Å²) in [6.45, 7) is 0. The van der Waals surface area contributed by atoms with Crippen LogP contribution in [0.25, 0.3) is 17.0 Å². The van der Waals surface area contributed by atoms with Crippen molar-refractivity contribution in [1.29, 1.82) is 0 Å². The molecule has 0 aliphatic heterocycles. The van der Waals surface area contributed by atoms with E-state index in [0.29, 0.717) is 17.1 Å². The molecule has 1 heterocycles. The van der Waals surface area contributed by atoms with Gasteiger partial charge in [0.1, 0.15) is 17.1 Å². The van der Waals surface area contributed by atoms with Gasteiger partial charge in [-0.15, -0.1) is 0 Å². The zero-order chi connectivity index (χ0) is 19.7. The maximum absolute atomic E-state index is 12.2. The predicted molar refractivity (Wildman–Crippen MR) is 110 cm³/mol. The Labute approximate surface area is 169 Å². The van der Waals surface area contributed by atoms with E-state index >= 15 is 0 Å². The van der Waals surface area contributed by atoms with E-state index < -0.39 is 5.97 Å². The van der Waals surface area contributed by atoms with Gasteiger partial charge in [0.2, 0.25) is 0 Å². The Balaban J connectivity index is 1.57. The van der Waals surface area contributed by atoms with E-state index in [2.05, 4.69) is 15.9 Å². The lowest BCUT2D eigenvalue weighted by atomic mass is 10.1. The van der Waals surface area contributed by atoms with Crippen molar-refractivity contribution in [2.75, 3.05) is 7.11 Å². The summed E-state index contributed by atoms with van der Waals surface area (Å²) in [6.07, 6.45) is 5.54. The molecular formula is C22H17BrO5. The van der Waals surface area contributed by atoms with Crippen molar-refractivity contribution in [2.45, 2.75) is 19.3 Å². The van der Waals surface area contributed by atoms with Crippen molar-refractivity contribution in [3.8, 4) is 11.5 Å². The Morgan fingerprint density at radius 1 is 1.14 bits per heavy atom. The van der Waals surface area contributed by atoms with Crippen LogP contribution in [-0.2, 0) is 17.6 Å². The molecule has 0 bridgehead atoms. The summed E-state index contributed by atoms with van der Waals surface area (Å²) in [5.41, 5.74) is 2.70. The van der Waals surface area contributed by atoms with Crippen LogP contribution in [0, 0.1) is 0 Å². The fourth-order valence-corrected chi connectivity index (χ4v) is 3.85. The third kappa shape index (κ3) is 3.60. The highest BCUT2D eigenvalue weighted by Crippen LogP contribution is 2.30. The average molecular weight is 441 g/mol. The maximum Gasteiger partial charge on any atom is 0.339 e. The fraction of sp³-hybridized carbons (Fsp3) is 0.182. The lowest BCUT2D eigenvalue weighted by Crippen LogP contribution is -2.07. The first-order valence-corrected chi connectivity index (χ1v) is 9.66. The SMILES string of the molecule is COc1ccc(Br)cc1/C=C/C(=O)Oc1ccc2c3c(c(=O)oc2c1)CCC3. The summed E-state index contributed by atoms with van der Waals surface area (Å²) in [7, 11) is 1.57. The minimum atomic E-state index is -0.537. The van der Waals surface area contributed by atoms with Crippen LogP contribution in [0.2, 0.25) is 0 Å². The number of carbonyl (C=O) groups is 1. The number of benzene rings is 2. The van der Waals surface area contributed by atoms with Crippen molar-refractivity contribution < 1.29 is 18.7 Å². The van der Waals surface area contributed by atoms with Crippen molar-refractivity contribution in [1.82, 2.24) is 0 Å². The van der Waals surface area contributed by atoms with E-state index in [0.717, 1.165) is 45.8 Å². The summed E-state index contributed by atoms with van der Waals surface area (Å²) in [4.78, 5) is 24.3. The molecule has 0 saturated heterocycles. The highest BCUT2D eigenvalue weighted by Gasteiger charge is 2.19. The summed E-state index contributed by atoms with van der Waals surface area (Å²) < 4.78 is 16.9. The number of rotatable bonds is 4. The van der Waals surface area contributed by atoms with Crippen LogP contribution in [0.3, 0.4) is 0 Å². The average Bonchev–Trinajstić information content (AvgIpc) is 3.17. The van der Waals surface area contributed by atoms with Crippen LogP contribution in [0.5, 0.6) is 11.5 Å². The summed E-state index contributed by atoms with van der Waals surface area (Å²) >= 11 is 3.39. The number of halogens is 1. The van der Waals surface area contributed by atoms with Gasteiger partial charge in [-0.05, 0) is 61.2 Å². The number of carbonyl (C=O) groups excluding carboxylic acids is 1. The second-order valence-electron chi connectivity index (χ2n) is 6.50. The monoisotopic (exact) mass is 440 g/mol. The normalized spacial score (nSPS) is 13.1. The molecule has 5 nitrogen and oxygen atoms in total. The second-order valence-corrected chi connectivity index (χ2v) is 7.41. The topological polar surface area (TPSA) is 65.7 Å². The molecule has 0 atom stereocenters. The quantitative estimate of drug-likeness (QED) is 0.255. The smallest absolute Gasteiger partial charge is 0.339 e. The number of fused-ring (bicyclic) bond motifs is 3. The molecule has 1 aliphatic rings. The summed E-state index contributed by atoms with van der Waals surface area (Å²) in [6, 6.07) is 10.6. The Kier molecular flexibility index (Phi) is 5.05. The number of esters is 1. The van der Waals surface area contributed by atoms with E-state index in [4.69, 9.17) is 13.9 Å². The molecule has 0 amide bonds. The minimum Gasteiger partial charge on any atom is -0.496 e. The minimum absolute atomic E-state index is 0.301. The van der Waals surface area contributed by atoms with Crippen LogP contribution in [0.4, 0.5) is 0 Å². The molecule has 0 unspecified atom stereocenters. The Bertz CT molecular complexity index is 1160. The van der Waals surface area contributed by atoms with E-state index in [1.54, 1.807) is 31.4 Å². The van der Waals surface area contributed by atoms with Gasteiger partial charge in [-0.25, -0.2) is 9.59 Å². The van der Waals surface area contributed by atoms with Crippen molar-refractivity contribution in [3.63, 3.8) is 0 Å². The summed E-state index contributed by atoms with van der Waals surface area (Å²) in [5, 5.41) is 0.904. The van der Waals surface area contributed by atoms with E-state index in [-0.39, 0.29) is 5.63 Å². The Hall–Kier alpha value is -2.86. The molecule has 4 rings (SSSR count). The zero-order valence-corrected chi connectivity index (χ0v) is 16.7. The number of ether oxygens (including phenoxy) is 2. The summed E-state index contributed by atoms with van der Waals surface area (Å²) in [5.74, 6) is 0.433. The predicted octanol–water partition coefficient (Wildman–Crippen LogP) is 4.67. The molecule has 28 heavy (non-hydrogen) atoms. The lowest BCUT2D eigenvalue weighted by Gasteiger charge is -2.07. The van der Waals surface area contributed by atoms with Gasteiger partial charge in [0.25, 0.3) is 0 Å². The Morgan fingerprint density at radius 2 is 1.96 bits per heavy atom. The van der Waals surface area contributed by atoms with Crippen LogP contribution < -0.4 is 15.1 Å². The molecule has 0 saturated carbocycles. The zero-order valence-electron chi connectivity index (χ0n) is 15.2. The molecule has 0 N–H and O–H groups in total. The van der Waals surface area contributed by atoms with Crippen LogP contribution >= 0.6 is 15.9 Å². The second kappa shape index (κ2) is 7.64. The maximum atomic E-state index is 12.2. The van der Waals surface area contributed by atoms with Crippen LogP contribution in [0.1, 0.15) is 23.1 Å². The molecule has 1 aliphatic carbocycles. The molecular weight excluding hydrogens is 424 g/mol. The molecule has 0 spiro atoms. The first kappa shape index (κ1) is 18.5. The number of aryl methyl sites for hydroxylation is 1. The molecule has 142 valence electrons. The van der Waals surface area contributed by atoms with Crippen molar-refractivity contribution in [2.24, 2.45) is 0 Å². The van der Waals surface area contributed by atoms with Gasteiger partial charge in [-0.3, -0.25) is 0 Å². The molecule has 0 radical (unpaired) electrons. The first-order valence-electron chi connectivity index (χ1n) is 8.87. The van der Waals surface area contributed by atoms with Gasteiger partial charge in [-0.1, -0.05) is 15.9 Å². The molecule has 1 aromatic heterocycles. The Morgan fingerprint density at radius 3 is 2.79 bits per heavy atom. The standard InChI is InChI=1S/C22H17BrO5/c1-26-19-9-6-14(23)11-13(19)5-10-21(24)27-15-7-8-17-16-3-2-4-18(16)22(25)28-20(17)12-15/h5-12H,2-4H2,1H3/b10-5+. The van der Waals surface area contributed by atoms with E-state index in [9.17, 15) is 9.59 Å². The third-order valence-corrected chi connectivity index (χ3v) is 5.25. The van der Waals surface area contributed by atoms with Gasteiger partial charge in [0, 0.05) is 33.1 Å². The van der Waals surface area contributed by atoms with E-state index in [1.165, 1.54) is 6.08 Å². The van der Waals surface area contributed by atoms with Crippen LogP contribution in [-0.4, -0.2) is 13.1 Å². The molecule has 2 aromatic carbocycles. The van der Waals surface area contributed by atoms with Crippen molar-refractivity contribution >= 4 is 38.9 Å². The van der Waals surface area contributed by atoms with Gasteiger partial charge in [0.05, 0.1) is 7.11 Å². The highest BCUT2D eigenvalue weighted by molar-refractivity contribution is 9.10. The lowest BCUT2D eigenvalue weighted by molar-refractivity contribution is -0.128. The van der Waals surface area contributed by atoms with Gasteiger partial charge in [0.15, 0.2) is 0 Å². The molecule has 0 fully saturated rings. The molecule has 3 aromatic rings. The van der Waals surface area contributed by atoms with Crippen molar-refractivity contribution in [3.05, 3.63) is 74.1 Å². The number of hydrogen-bond acceptors (Lipinski definition) is 5. The fourth-order valence-electron chi connectivity index (χ4n) is 3.47. The van der Waals surface area contributed by atoms with Gasteiger partial charge >= 0.3 is 11.6 Å².